The van der Waals surface area contributed by atoms with Crippen molar-refractivity contribution in [3.63, 3.8) is 0 Å². The van der Waals surface area contributed by atoms with E-state index in [9.17, 15) is 0 Å². The predicted octanol–water partition coefficient (Wildman–Crippen LogP) is 1.58. The number of nitrogens with zero attached hydrogens (tertiary/aromatic N) is 1. The van der Waals surface area contributed by atoms with Gasteiger partial charge in [-0.15, -0.1) is 11.3 Å². The third-order valence-electron chi connectivity index (χ3n) is 1.71. The van der Waals surface area contributed by atoms with Crippen molar-refractivity contribution in [2.24, 2.45) is 5.10 Å². The molecule has 2 N–H and O–H groups in total. The molecule has 1 aromatic heterocycles. The van der Waals surface area contributed by atoms with E-state index in [2.05, 4.69) is 15.8 Å². The van der Waals surface area contributed by atoms with Gasteiger partial charge in [0.25, 0.3) is 0 Å². The summed E-state index contributed by atoms with van der Waals surface area (Å²) in [5, 5.41) is 9.57. The van der Waals surface area contributed by atoms with E-state index in [1.807, 2.05) is 17.5 Å². The molecule has 0 aliphatic heterocycles. The van der Waals surface area contributed by atoms with Gasteiger partial charge in [-0.1, -0.05) is 6.07 Å². The molecular weight excluding hydrogens is 242 g/mol. The minimum Gasteiger partial charge on any atom is -0.385 e. The summed E-state index contributed by atoms with van der Waals surface area (Å²) < 4.78 is 4.92. The topological polar surface area (TPSA) is 45.6 Å². The number of nitrogens with one attached hydrogen (secondary N) is 2. The normalized spacial score (nSPS) is 10.6. The zero-order chi connectivity index (χ0) is 11.6. The predicted molar refractivity (Wildman–Crippen MR) is 72.1 cm³/mol. The second kappa shape index (κ2) is 8.20. The molecule has 0 saturated heterocycles. The van der Waals surface area contributed by atoms with Gasteiger partial charge in [0.1, 0.15) is 0 Å². The van der Waals surface area contributed by atoms with Gasteiger partial charge in [-0.25, -0.2) is 0 Å². The van der Waals surface area contributed by atoms with Crippen LogP contribution in [0.15, 0.2) is 22.6 Å². The van der Waals surface area contributed by atoms with Crippen LogP contribution < -0.4 is 10.7 Å². The highest BCUT2D eigenvalue weighted by Crippen LogP contribution is 2.03. The highest BCUT2D eigenvalue weighted by Gasteiger charge is 1.92. The lowest BCUT2D eigenvalue weighted by molar-refractivity contribution is 0.195. The fourth-order valence-electron chi connectivity index (χ4n) is 0.977. The van der Waals surface area contributed by atoms with E-state index in [1.54, 1.807) is 24.7 Å². The van der Waals surface area contributed by atoms with Gasteiger partial charge < -0.3 is 10.1 Å². The zero-order valence-electron chi connectivity index (χ0n) is 9.10. The maximum atomic E-state index is 5.03. The van der Waals surface area contributed by atoms with Gasteiger partial charge in [-0.3, -0.25) is 5.43 Å². The van der Waals surface area contributed by atoms with Crippen LogP contribution in [0.2, 0.25) is 0 Å². The molecule has 0 aliphatic rings. The molecule has 88 valence electrons. The van der Waals surface area contributed by atoms with Crippen molar-refractivity contribution in [1.82, 2.24) is 10.7 Å². The summed E-state index contributed by atoms with van der Waals surface area (Å²) in [6.07, 6.45) is 2.67. The highest BCUT2D eigenvalue weighted by atomic mass is 32.1. The first-order valence-corrected chi connectivity index (χ1v) is 6.21. The number of methoxy groups -OCH3 is 1. The molecule has 0 bridgehead atoms. The van der Waals surface area contributed by atoms with Crippen molar-refractivity contribution in [1.29, 1.82) is 0 Å². The average Bonchev–Trinajstić information content (AvgIpc) is 2.77. The lowest BCUT2D eigenvalue weighted by atomic mass is 10.4. The van der Waals surface area contributed by atoms with Gasteiger partial charge in [-0.2, -0.15) is 5.10 Å². The zero-order valence-corrected chi connectivity index (χ0v) is 10.7. The minimum atomic E-state index is 0.531. The quantitative estimate of drug-likeness (QED) is 0.351. The third kappa shape index (κ3) is 5.79. The maximum absolute atomic E-state index is 5.03. The molecule has 1 rings (SSSR count). The number of hydrogen-bond acceptors (Lipinski definition) is 4. The van der Waals surface area contributed by atoms with Crippen LogP contribution in [0.1, 0.15) is 11.3 Å². The first-order chi connectivity index (χ1) is 7.83. The Labute approximate surface area is 105 Å². The molecule has 1 aromatic rings. The van der Waals surface area contributed by atoms with E-state index in [4.69, 9.17) is 17.0 Å². The van der Waals surface area contributed by atoms with Gasteiger partial charge in [0, 0.05) is 25.1 Å². The Morgan fingerprint density at radius 2 is 2.56 bits per heavy atom. The van der Waals surface area contributed by atoms with Crippen LogP contribution in [0.25, 0.3) is 0 Å². The van der Waals surface area contributed by atoms with Crippen molar-refractivity contribution in [2.45, 2.75) is 6.42 Å². The van der Waals surface area contributed by atoms with Gasteiger partial charge in [0.15, 0.2) is 5.11 Å². The number of ether oxygens (including phenoxy) is 1. The summed E-state index contributed by atoms with van der Waals surface area (Å²) in [6.45, 7) is 1.52. The molecule has 1 heterocycles. The molecular formula is C10H15N3OS2. The molecule has 0 radical (unpaired) electrons. The summed E-state index contributed by atoms with van der Waals surface area (Å²) in [6, 6.07) is 3.97. The van der Waals surface area contributed by atoms with Gasteiger partial charge in [0.2, 0.25) is 0 Å². The van der Waals surface area contributed by atoms with Crippen LogP contribution in [0.3, 0.4) is 0 Å². The van der Waals surface area contributed by atoms with E-state index in [-0.39, 0.29) is 0 Å². The Balaban J connectivity index is 2.10. The van der Waals surface area contributed by atoms with Crippen LogP contribution in [-0.4, -0.2) is 31.6 Å². The van der Waals surface area contributed by atoms with E-state index in [0.29, 0.717) is 5.11 Å². The Kier molecular flexibility index (Phi) is 6.71. The monoisotopic (exact) mass is 257 g/mol. The Bertz CT molecular complexity index is 325. The van der Waals surface area contributed by atoms with Crippen LogP contribution in [-0.2, 0) is 4.74 Å². The summed E-state index contributed by atoms with van der Waals surface area (Å²) in [5.74, 6) is 0. The van der Waals surface area contributed by atoms with Crippen molar-refractivity contribution in [3.8, 4) is 0 Å². The summed E-state index contributed by atoms with van der Waals surface area (Å²) in [5.41, 5.74) is 2.75. The summed E-state index contributed by atoms with van der Waals surface area (Å²) in [7, 11) is 1.68. The number of hydrazone groups is 1. The fraction of sp³-hybridized carbons (Fsp3) is 0.400. The molecule has 6 heteroatoms. The summed E-state index contributed by atoms with van der Waals surface area (Å²) in [4.78, 5) is 1.09. The van der Waals surface area contributed by atoms with Crippen molar-refractivity contribution >= 4 is 34.9 Å². The Morgan fingerprint density at radius 1 is 1.69 bits per heavy atom. The summed E-state index contributed by atoms with van der Waals surface area (Å²) >= 11 is 6.65. The molecule has 0 saturated carbocycles. The first-order valence-electron chi connectivity index (χ1n) is 4.92. The molecule has 0 fully saturated rings. The lowest BCUT2D eigenvalue weighted by Gasteiger charge is -2.05. The van der Waals surface area contributed by atoms with E-state index in [1.165, 1.54) is 0 Å². The SMILES string of the molecule is COCCCNC(=S)N/N=C\c1cccs1. The molecule has 4 nitrogen and oxygen atoms in total. The second-order valence-corrected chi connectivity index (χ2v) is 4.38. The first kappa shape index (κ1) is 13.1. The van der Waals surface area contributed by atoms with Crippen LogP contribution >= 0.6 is 23.6 Å². The van der Waals surface area contributed by atoms with Crippen LogP contribution in [0, 0.1) is 0 Å². The Morgan fingerprint density at radius 3 is 3.25 bits per heavy atom. The number of rotatable bonds is 6. The van der Waals surface area contributed by atoms with Gasteiger partial charge in [-0.05, 0) is 30.1 Å². The van der Waals surface area contributed by atoms with E-state index in [0.717, 1.165) is 24.4 Å². The molecule has 0 atom stereocenters. The average molecular weight is 257 g/mol. The molecule has 0 aliphatic carbocycles. The fourth-order valence-corrected chi connectivity index (χ4v) is 1.72. The van der Waals surface area contributed by atoms with Crippen molar-refractivity contribution in [3.05, 3.63) is 22.4 Å². The number of thiophene rings is 1. The van der Waals surface area contributed by atoms with E-state index < -0.39 is 0 Å². The van der Waals surface area contributed by atoms with Crippen LogP contribution in [0.5, 0.6) is 0 Å². The molecule has 0 spiro atoms. The smallest absolute Gasteiger partial charge is 0.186 e. The number of thiocarbonyl (C=S) groups is 1. The lowest BCUT2D eigenvalue weighted by Crippen LogP contribution is -2.33. The highest BCUT2D eigenvalue weighted by molar-refractivity contribution is 7.80. The van der Waals surface area contributed by atoms with Gasteiger partial charge in [0.05, 0.1) is 6.21 Å². The largest absolute Gasteiger partial charge is 0.385 e. The maximum Gasteiger partial charge on any atom is 0.186 e. The Hall–Kier alpha value is -0.980. The third-order valence-corrected chi connectivity index (χ3v) is 2.75. The number of hydrogen-bond donors (Lipinski definition) is 2. The second-order valence-electron chi connectivity index (χ2n) is 2.99. The van der Waals surface area contributed by atoms with Crippen molar-refractivity contribution in [2.75, 3.05) is 20.3 Å². The van der Waals surface area contributed by atoms with Crippen LogP contribution in [0.4, 0.5) is 0 Å². The molecule has 0 amide bonds. The molecule has 0 aromatic carbocycles. The van der Waals surface area contributed by atoms with Gasteiger partial charge >= 0.3 is 0 Å². The minimum absolute atomic E-state index is 0.531. The molecule has 0 unspecified atom stereocenters. The van der Waals surface area contributed by atoms with Crippen molar-refractivity contribution < 1.29 is 4.74 Å². The molecule has 16 heavy (non-hydrogen) atoms. The van der Waals surface area contributed by atoms with E-state index >= 15 is 0 Å². The standard InChI is InChI=1S/C10H15N3OS2/c1-14-6-3-5-11-10(15)13-12-8-9-4-2-7-16-9/h2,4,7-8H,3,5-6H2,1H3,(H2,11,13,15)/b12-8-.